The predicted molar refractivity (Wildman–Crippen MR) is 273 cm³/mol. The average molecular weight is 966 g/mol. The van der Waals surface area contributed by atoms with E-state index in [0.29, 0.717) is 49.9 Å². The summed E-state index contributed by atoms with van der Waals surface area (Å²) < 4.78 is 0. The summed E-state index contributed by atoms with van der Waals surface area (Å²) in [5.74, 6) is -1.41. The van der Waals surface area contributed by atoms with E-state index in [1.807, 2.05) is 36.4 Å². The zero-order chi connectivity index (χ0) is 46.6. The molecule has 0 radical (unpaired) electrons. The molecule has 0 aliphatic carbocycles. The monoisotopic (exact) mass is 964 g/mol. The molecule has 362 valence electrons. The first kappa shape index (κ1) is 58.0. The molecule has 64 heavy (non-hydrogen) atoms. The second kappa shape index (κ2) is 37.9. The van der Waals surface area contributed by atoms with Crippen LogP contribution in [-0.2, 0) is 9.59 Å². The number of aliphatic hydroxyl groups excluding tert-OH is 2. The summed E-state index contributed by atoms with van der Waals surface area (Å²) in [5.41, 5.74) is 2.36. The normalized spacial score (nSPS) is 13.3. The lowest BCUT2D eigenvalue weighted by Gasteiger charge is -2.30. The number of hydrogen-bond acceptors (Lipinski definition) is 8. The zero-order valence-electron chi connectivity index (χ0n) is 39.2. The standard InChI is InChI=1S/C52H82Cl2N2O6S2/c1-3-5-7-9-11-13-15-17-19-21-23-33-43(41-31-25-27-35-45(41)51(61)55-37-29-39-57)47(49(53)59)63-64-48(50(54)60)44(34-24-22-20-18-16-14-12-10-8-6-4-2)42-32-26-28-36-46(42)52(62)56-38-30-40-58/h25-28,31-32,35-36,43-44,47-48,57-58H,3-24,29-30,33-34,37-40H2,1-2H3,(H,55,61)(H,56,62). The van der Waals surface area contributed by atoms with Crippen molar-refractivity contribution in [3.8, 4) is 0 Å². The third-order valence-corrected chi connectivity index (χ3v) is 16.0. The molecule has 0 spiro atoms. The van der Waals surface area contributed by atoms with Crippen LogP contribution in [-0.4, -0.2) is 69.3 Å². The Morgan fingerprint density at radius 2 is 0.766 bits per heavy atom. The average Bonchev–Trinajstić information content (AvgIpc) is 3.29. The third kappa shape index (κ3) is 24.1. The largest absolute Gasteiger partial charge is 0.396 e. The molecule has 4 atom stereocenters. The molecule has 0 saturated heterocycles. The number of carbonyl (C=O) groups excluding carboxylic acids is 4. The molecule has 2 rings (SSSR count). The Labute approximate surface area is 405 Å². The van der Waals surface area contributed by atoms with Gasteiger partial charge in [-0.05, 0) is 72.1 Å². The first-order chi connectivity index (χ1) is 31.2. The minimum absolute atomic E-state index is 0.0420. The topological polar surface area (TPSA) is 133 Å². The van der Waals surface area contributed by atoms with Gasteiger partial charge in [0.05, 0.1) is 10.5 Å². The highest BCUT2D eigenvalue weighted by Gasteiger charge is 2.37. The van der Waals surface area contributed by atoms with Gasteiger partial charge in [-0.15, -0.1) is 0 Å². The van der Waals surface area contributed by atoms with Gasteiger partial charge in [0.2, 0.25) is 10.5 Å². The van der Waals surface area contributed by atoms with Crippen molar-refractivity contribution in [2.45, 2.75) is 203 Å². The molecule has 0 aromatic heterocycles. The van der Waals surface area contributed by atoms with Gasteiger partial charge in [0, 0.05) is 49.3 Å². The minimum Gasteiger partial charge on any atom is -0.396 e. The molecule has 0 bridgehead atoms. The van der Waals surface area contributed by atoms with Crippen molar-refractivity contribution in [3.63, 3.8) is 0 Å². The second-order valence-corrected chi connectivity index (χ2v) is 20.6. The fraction of sp³-hybridized carbons (Fsp3) is 0.692. The zero-order valence-corrected chi connectivity index (χ0v) is 42.4. The van der Waals surface area contributed by atoms with Gasteiger partial charge < -0.3 is 20.8 Å². The number of nitrogens with one attached hydrogen (secondary N) is 2. The highest BCUT2D eigenvalue weighted by molar-refractivity contribution is 8.77. The Morgan fingerprint density at radius 3 is 1.06 bits per heavy atom. The Kier molecular flexibility index (Phi) is 34.4. The summed E-state index contributed by atoms with van der Waals surface area (Å²) in [6.07, 6.45) is 28.0. The maximum absolute atomic E-state index is 13.6. The van der Waals surface area contributed by atoms with Gasteiger partial charge in [-0.1, -0.05) is 213 Å². The van der Waals surface area contributed by atoms with Crippen LogP contribution in [0.3, 0.4) is 0 Å². The summed E-state index contributed by atoms with van der Waals surface area (Å²) in [7, 11) is 2.49. The summed E-state index contributed by atoms with van der Waals surface area (Å²) >= 11 is 13.1. The molecule has 12 heteroatoms. The summed E-state index contributed by atoms with van der Waals surface area (Å²) in [4.78, 5) is 54.5. The van der Waals surface area contributed by atoms with Gasteiger partial charge in [-0.25, -0.2) is 0 Å². The first-order valence-electron chi connectivity index (χ1n) is 24.9. The van der Waals surface area contributed by atoms with E-state index in [1.165, 1.54) is 111 Å². The molecule has 2 aromatic carbocycles. The molecule has 4 N–H and O–H groups in total. The van der Waals surface area contributed by atoms with Gasteiger partial charge >= 0.3 is 0 Å². The molecule has 0 fully saturated rings. The molecular weight excluding hydrogens is 884 g/mol. The van der Waals surface area contributed by atoms with Crippen LogP contribution in [0.5, 0.6) is 0 Å². The summed E-state index contributed by atoms with van der Waals surface area (Å²) in [6.45, 7) is 5.02. The van der Waals surface area contributed by atoms with Gasteiger partial charge in [-0.3, -0.25) is 19.2 Å². The maximum Gasteiger partial charge on any atom is 0.251 e. The lowest BCUT2D eigenvalue weighted by Crippen LogP contribution is -2.30. The number of rotatable bonds is 41. The first-order valence-corrected chi connectivity index (χ1v) is 27.9. The molecule has 0 saturated carbocycles. The van der Waals surface area contributed by atoms with Crippen LogP contribution in [0, 0.1) is 0 Å². The van der Waals surface area contributed by atoms with E-state index in [4.69, 9.17) is 23.2 Å². The van der Waals surface area contributed by atoms with E-state index in [0.717, 1.165) is 62.5 Å². The quantitative estimate of drug-likeness (QED) is 0.0294. The van der Waals surface area contributed by atoms with Crippen LogP contribution in [0.4, 0.5) is 0 Å². The number of carbonyl (C=O) groups is 4. The number of aliphatic hydroxyl groups is 2. The molecule has 4 unspecified atom stereocenters. The van der Waals surface area contributed by atoms with Crippen LogP contribution in [0.15, 0.2) is 48.5 Å². The molecule has 0 aliphatic rings. The van der Waals surface area contributed by atoms with E-state index in [1.54, 1.807) is 12.1 Å². The van der Waals surface area contributed by atoms with E-state index in [2.05, 4.69) is 24.5 Å². The lowest BCUT2D eigenvalue weighted by molar-refractivity contribution is -0.112. The fourth-order valence-electron chi connectivity index (χ4n) is 8.45. The van der Waals surface area contributed by atoms with Crippen LogP contribution >= 0.6 is 44.8 Å². The number of hydrogen-bond donors (Lipinski definition) is 4. The summed E-state index contributed by atoms with van der Waals surface area (Å²) in [5, 5.41) is 21.8. The van der Waals surface area contributed by atoms with Gasteiger partial charge in [-0.2, -0.15) is 0 Å². The lowest BCUT2D eigenvalue weighted by atomic mass is 9.86. The van der Waals surface area contributed by atoms with Crippen molar-refractivity contribution < 1.29 is 29.4 Å². The highest BCUT2D eigenvalue weighted by Crippen LogP contribution is 2.47. The van der Waals surface area contributed by atoms with Crippen LogP contribution in [0.2, 0.25) is 0 Å². The van der Waals surface area contributed by atoms with Crippen molar-refractivity contribution in [1.82, 2.24) is 10.6 Å². The smallest absolute Gasteiger partial charge is 0.251 e. The van der Waals surface area contributed by atoms with Gasteiger partial charge in [0.25, 0.3) is 11.8 Å². The Hall–Kier alpha value is -2.08. The number of unbranched alkanes of at least 4 members (excludes halogenated alkanes) is 20. The molecule has 0 heterocycles. The molecule has 8 nitrogen and oxygen atoms in total. The van der Waals surface area contributed by atoms with Crippen LogP contribution in [0.25, 0.3) is 0 Å². The Balaban J connectivity index is 2.38. The third-order valence-electron chi connectivity index (χ3n) is 12.1. The van der Waals surface area contributed by atoms with Gasteiger partial charge in [0.1, 0.15) is 0 Å². The van der Waals surface area contributed by atoms with E-state index < -0.39 is 32.8 Å². The van der Waals surface area contributed by atoms with Crippen molar-refractivity contribution in [1.29, 1.82) is 0 Å². The molecule has 2 amide bonds. The predicted octanol–water partition coefficient (Wildman–Crippen LogP) is 13.8. The maximum atomic E-state index is 13.6. The highest BCUT2D eigenvalue weighted by atomic mass is 35.5. The van der Waals surface area contributed by atoms with Crippen LogP contribution in [0.1, 0.15) is 224 Å². The Morgan fingerprint density at radius 1 is 0.469 bits per heavy atom. The van der Waals surface area contributed by atoms with Crippen LogP contribution < -0.4 is 10.6 Å². The fourth-order valence-corrected chi connectivity index (χ4v) is 12.6. The van der Waals surface area contributed by atoms with Crippen molar-refractivity contribution in [3.05, 3.63) is 70.8 Å². The molecular formula is C52H82Cl2N2O6S2. The number of amides is 2. The van der Waals surface area contributed by atoms with E-state index >= 15 is 0 Å². The van der Waals surface area contributed by atoms with Gasteiger partial charge in [0.15, 0.2) is 0 Å². The Bertz CT molecular complexity index is 1450. The number of halogens is 2. The van der Waals surface area contributed by atoms with E-state index in [9.17, 15) is 29.4 Å². The minimum atomic E-state index is -0.806. The number of benzene rings is 2. The molecule has 0 aliphatic heterocycles. The van der Waals surface area contributed by atoms with Crippen molar-refractivity contribution in [2.24, 2.45) is 0 Å². The van der Waals surface area contributed by atoms with E-state index in [-0.39, 0.29) is 25.0 Å². The molecule has 2 aromatic rings. The SMILES string of the molecule is CCCCCCCCCCCCCC(c1ccccc1C(=O)NCCCO)C(SSC(C(=O)Cl)C(CCCCCCCCCCCCC)c1ccccc1C(=O)NCCCO)C(=O)Cl. The summed E-state index contributed by atoms with van der Waals surface area (Å²) in [6, 6.07) is 14.7. The van der Waals surface area contributed by atoms with Crippen molar-refractivity contribution >= 4 is 67.1 Å². The second-order valence-electron chi connectivity index (χ2n) is 17.3. The van der Waals surface area contributed by atoms with Crippen molar-refractivity contribution in [2.75, 3.05) is 26.3 Å².